The molecule has 0 saturated carbocycles. The SMILES string of the molecule is Cc1cc(CCN)ccc1N1CCCC(C)CC1. The van der Waals surface area contributed by atoms with Crippen LogP contribution in [-0.2, 0) is 6.42 Å². The van der Waals surface area contributed by atoms with Crippen LogP contribution < -0.4 is 10.6 Å². The van der Waals surface area contributed by atoms with Crippen molar-refractivity contribution in [3.63, 3.8) is 0 Å². The Kier molecular flexibility index (Phi) is 4.65. The fourth-order valence-corrected chi connectivity index (χ4v) is 2.90. The van der Waals surface area contributed by atoms with Gasteiger partial charge in [-0.05, 0) is 62.3 Å². The maximum absolute atomic E-state index is 5.62. The predicted octanol–water partition coefficient (Wildman–Crippen LogP) is 3.12. The summed E-state index contributed by atoms with van der Waals surface area (Å²) < 4.78 is 0. The van der Waals surface area contributed by atoms with Crippen LogP contribution in [0.15, 0.2) is 18.2 Å². The van der Waals surface area contributed by atoms with Crippen LogP contribution in [-0.4, -0.2) is 19.6 Å². The smallest absolute Gasteiger partial charge is 0.0396 e. The fraction of sp³-hybridized carbons (Fsp3) is 0.625. The summed E-state index contributed by atoms with van der Waals surface area (Å²) in [6.45, 7) is 7.75. The van der Waals surface area contributed by atoms with Crippen LogP contribution in [0.25, 0.3) is 0 Å². The molecule has 1 saturated heterocycles. The standard InChI is InChI=1S/C16H26N2/c1-13-4-3-10-18(11-8-13)16-6-5-15(7-9-17)12-14(16)2/h5-6,12-13H,3-4,7-11,17H2,1-2H3. The molecule has 1 aliphatic rings. The van der Waals surface area contributed by atoms with Crippen molar-refractivity contribution < 1.29 is 0 Å². The van der Waals surface area contributed by atoms with Crippen LogP contribution in [0.2, 0.25) is 0 Å². The van der Waals surface area contributed by atoms with Crippen LogP contribution in [0.4, 0.5) is 5.69 Å². The Hall–Kier alpha value is -1.02. The van der Waals surface area contributed by atoms with Crippen molar-refractivity contribution in [2.24, 2.45) is 11.7 Å². The second kappa shape index (κ2) is 6.24. The summed E-state index contributed by atoms with van der Waals surface area (Å²) in [7, 11) is 0. The molecule has 18 heavy (non-hydrogen) atoms. The van der Waals surface area contributed by atoms with Gasteiger partial charge in [-0.3, -0.25) is 0 Å². The molecule has 0 bridgehead atoms. The highest BCUT2D eigenvalue weighted by Gasteiger charge is 2.15. The molecule has 2 nitrogen and oxygen atoms in total. The average molecular weight is 246 g/mol. The molecule has 1 aliphatic heterocycles. The van der Waals surface area contributed by atoms with E-state index in [4.69, 9.17) is 5.73 Å². The van der Waals surface area contributed by atoms with Gasteiger partial charge < -0.3 is 10.6 Å². The highest BCUT2D eigenvalue weighted by molar-refractivity contribution is 5.54. The Bertz CT molecular complexity index is 387. The number of benzene rings is 1. The van der Waals surface area contributed by atoms with Crippen LogP contribution >= 0.6 is 0 Å². The van der Waals surface area contributed by atoms with Gasteiger partial charge in [0.2, 0.25) is 0 Å². The molecular formula is C16H26N2. The zero-order valence-corrected chi connectivity index (χ0v) is 11.8. The number of rotatable bonds is 3. The Morgan fingerprint density at radius 3 is 2.83 bits per heavy atom. The molecule has 0 spiro atoms. The lowest BCUT2D eigenvalue weighted by Gasteiger charge is -2.25. The molecule has 0 aromatic heterocycles. The van der Waals surface area contributed by atoms with Crippen molar-refractivity contribution in [2.75, 3.05) is 24.5 Å². The molecule has 2 rings (SSSR count). The van der Waals surface area contributed by atoms with Gasteiger partial charge in [0.05, 0.1) is 0 Å². The Morgan fingerprint density at radius 2 is 2.11 bits per heavy atom. The third kappa shape index (κ3) is 3.26. The van der Waals surface area contributed by atoms with Crippen molar-refractivity contribution in [3.8, 4) is 0 Å². The van der Waals surface area contributed by atoms with E-state index < -0.39 is 0 Å². The van der Waals surface area contributed by atoms with E-state index in [0.29, 0.717) is 0 Å². The minimum atomic E-state index is 0.736. The molecule has 0 radical (unpaired) electrons. The molecule has 100 valence electrons. The first kappa shape index (κ1) is 13.4. The lowest BCUT2D eigenvalue weighted by atomic mass is 10.0. The van der Waals surface area contributed by atoms with Crippen LogP contribution in [0.1, 0.15) is 37.3 Å². The normalized spacial score (nSPS) is 20.8. The van der Waals surface area contributed by atoms with Gasteiger partial charge in [-0.1, -0.05) is 19.1 Å². The molecule has 1 unspecified atom stereocenters. The van der Waals surface area contributed by atoms with Crippen LogP contribution in [0, 0.1) is 12.8 Å². The third-order valence-corrected chi connectivity index (χ3v) is 4.05. The van der Waals surface area contributed by atoms with Gasteiger partial charge in [-0.2, -0.15) is 0 Å². The van der Waals surface area contributed by atoms with Crippen molar-refractivity contribution in [1.29, 1.82) is 0 Å². The molecular weight excluding hydrogens is 220 g/mol. The average Bonchev–Trinajstić information content (AvgIpc) is 2.55. The Labute approximate surface area is 111 Å². The predicted molar refractivity (Wildman–Crippen MR) is 79.2 cm³/mol. The molecule has 0 aliphatic carbocycles. The fourth-order valence-electron chi connectivity index (χ4n) is 2.90. The summed E-state index contributed by atoms with van der Waals surface area (Å²) in [6, 6.07) is 6.83. The molecule has 1 atom stereocenters. The number of hydrogen-bond acceptors (Lipinski definition) is 2. The largest absolute Gasteiger partial charge is 0.371 e. The maximum atomic E-state index is 5.62. The minimum Gasteiger partial charge on any atom is -0.371 e. The highest BCUT2D eigenvalue weighted by Crippen LogP contribution is 2.26. The lowest BCUT2D eigenvalue weighted by molar-refractivity contribution is 0.521. The van der Waals surface area contributed by atoms with E-state index in [0.717, 1.165) is 18.9 Å². The van der Waals surface area contributed by atoms with E-state index in [2.05, 4.69) is 36.9 Å². The first-order chi connectivity index (χ1) is 8.70. The summed E-state index contributed by atoms with van der Waals surface area (Å²) >= 11 is 0. The molecule has 0 amide bonds. The summed E-state index contributed by atoms with van der Waals surface area (Å²) in [5.74, 6) is 0.881. The van der Waals surface area contributed by atoms with Gasteiger partial charge >= 0.3 is 0 Å². The van der Waals surface area contributed by atoms with E-state index in [1.165, 1.54) is 49.2 Å². The summed E-state index contributed by atoms with van der Waals surface area (Å²) in [5, 5.41) is 0. The first-order valence-electron chi connectivity index (χ1n) is 7.25. The topological polar surface area (TPSA) is 29.3 Å². The lowest BCUT2D eigenvalue weighted by Crippen LogP contribution is -2.25. The quantitative estimate of drug-likeness (QED) is 0.888. The molecule has 1 fully saturated rings. The number of aryl methyl sites for hydroxylation is 1. The van der Waals surface area contributed by atoms with Crippen molar-refractivity contribution >= 4 is 5.69 Å². The zero-order valence-electron chi connectivity index (χ0n) is 11.8. The second-order valence-corrected chi connectivity index (χ2v) is 5.68. The maximum Gasteiger partial charge on any atom is 0.0396 e. The van der Waals surface area contributed by atoms with E-state index in [9.17, 15) is 0 Å². The minimum absolute atomic E-state index is 0.736. The number of hydrogen-bond donors (Lipinski definition) is 1. The van der Waals surface area contributed by atoms with Crippen LogP contribution in [0.3, 0.4) is 0 Å². The summed E-state index contributed by atoms with van der Waals surface area (Å²) in [5.41, 5.74) is 9.80. The summed E-state index contributed by atoms with van der Waals surface area (Å²) in [6.07, 6.45) is 5.01. The molecule has 2 N–H and O–H groups in total. The van der Waals surface area contributed by atoms with E-state index in [1.54, 1.807) is 0 Å². The van der Waals surface area contributed by atoms with Crippen molar-refractivity contribution in [1.82, 2.24) is 0 Å². The van der Waals surface area contributed by atoms with Crippen molar-refractivity contribution in [2.45, 2.75) is 39.5 Å². The number of nitrogens with zero attached hydrogens (tertiary/aromatic N) is 1. The number of anilines is 1. The highest BCUT2D eigenvalue weighted by atomic mass is 15.1. The van der Waals surface area contributed by atoms with Gasteiger partial charge in [0.25, 0.3) is 0 Å². The van der Waals surface area contributed by atoms with E-state index >= 15 is 0 Å². The van der Waals surface area contributed by atoms with Gasteiger partial charge in [0.1, 0.15) is 0 Å². The second-order valence-electron chi connectivity index (χ2n) is 5.68. The molecule has 2 heteroatoms. The van der Waals surface area contributed by atoms with E-state index in [-0.39, 0.29) is 0 Å². The van der Waals surface area contributed by atoms with Crippen molar-refractivity contribution in [3.05, 3.63) is 29.3 Å². The van der Waals surface area contributed by atoms with Gasteiger partial charge in [-0.15, -0.1) is 0 Å². The molecule has 1 aromatic carbocycles. The Balaban J connectivity index is 2.12. The van der Waals surface area contributed by atoms with Gasteiger partial charge in [0.15, 0.2) is 0 Å². The van der Waals surface area contributed by atoms with E-state index in [1.807, 2.05) is 0 Å². The zero-order chi connectivity index (χ0) is 13.0. The van der Waals surface area contributed by atoms with Crippen LogP contribution in [0.5, 0.6) is 0 Å². The monoisotopic (exact) mass is 246 g/mol. The third-order valence-electron chi connectivity index (χ3n) is 4.05. The number of nitrogens with two attached hydrogens (primary N) is 1. The molecule has 1 heterocycles. The summed E-state index contributed by atoms with van der Waals surface area (Å²) in [4.78, 5) is 2.56. The molecule has 1 aromatic rings. The Morgan fingerprint density at radius 1 is 1.28 bits per heavy atom. The first-order valence-corrected chi connectivity index (χ1v) is 7.25. The van der Waals surface area contributed by atoms with Gasteiger partial charge in [0, 0.05) is 18.8 Å². The van der Waals surface area contributed by atoms with Gasteiger partial charge in [-0.25, -0.2) is 0 Å².